The van der Waals surface area contributed by atoms with Gasteiger partial charge in [-0.05, 0) is 32.9 Å². The third-order valence-electron chi connectivity index (χ3n) is 3.06. The minimum Gasteiger partial charge on any atom is -0.337 e. The predicted molar refractivity (Wildman–Crippen MR) is 70.8 cm³/mol. The monoisotopic (exact) mass is 290 g/mol. The first-order valence-corrected chi connectivity index (χ1v) is 6.94. The van der Waals surface area contributed by atoms with Gasteiger partial charge in [0.05, 0.1) is 4.83 Å². The number of amides is 1. The van der Waals surface area contributed by atoms with E-state index in [1.165, 1.54) is 0 Å². The summed E-state index contributed by atoms with van der Waals surface area (Å²) in [6.07, 6.45) is 2.28. The third kappa shape index (κ3) is 3.45. The number of hydrogen-bond donors (Lipinski definition) is 0. The van der Waals surface area contributed by atoms with Crippen LogP contribution in [-0.4, -0.2) is 53.8 Å². The van der Waals surface area contributed by atoms with Gasteiger partial charge in [0, 0.05) is 19.1 Å². The van der Waals surface area contributed by atoms with E-state index in [4.69, 9.17) is 0 Å². The predicted octanol–water partition coefficient (Wildman–Crippen LogP) is 1.96. The van der Waals surface area contributed by atoms with E-state index in [0.717, 1.165) is 25.9 Å². The van der Waals surface area contributed by atoms with Gasteiger partial charge in [0.15, 0.2) is 0 Å². The number of nitrogens with zero attached hydrogens (tertiary/aromatic N) is 2. The SMILES string of the molecule is CC(C)C(Br)C(=O)N1CCCC1CN(C)C. The maximum Gasteiger partial charge on any atom is 0.236 e. The molecule has 94 valence electrons. The molecular weight excluding hydrogens is 268 g/mol. The van der Waals surface area contributed by atoms with Crippen LogP contribution in [0.1, 0.15) is 26.7 Å². The Morgan fingerprint density at radius 2 is 2.12 bits per heavy atom. The highest BCUT2D eigenvalue weighted by Crippen LogP contribution is 2.23. The lowest BCUT2D eigenvalue weighted by molar-refractivity contribution is -0.132. The van der Waals surface area contributed by atoms with E-state index in [1.807, 2.05) is 0 Å². The largest absolute Gasteiger partial charge is 0.337 e. The van der Waals surface area contributed by atoms with Crippen molar-refractivity contribution < 1.29 is 4.79 Å². The molecule has 3 nitrogen and oxygen atoms in total. The second-order valence-corrected chi connectivity index (χ2v) is 6.22. The van der Waals surface area contributed by atoms with Gasteiger partial charge >= 0.3 is 0 Å². The summed E-state index contributed by atoms with van der Waals surface area (Å²) in [5.41, 5.74) is 0. The molecule has 0 N–H and O–H groups in total. The van der Waals surface area contributed by atoms with Gasteiger partial charge in [-0.1, -0.05) is 29.8 Å². The number of likely N-dealkylation sites (N-methyl/N-ethyl adjacent to an activating group) is 1. The van der Waals surface area contributed by atoms with Crippen molar-refractivity contribution in [3.8, 4) is 0 Å². The number of carbonyl (C=O) groups is 1. The van der Waals surface area contributed by atoms with Crippen LogP contribution in [0.4, 0.5) is 0 Å². The van der Waals surface area contributed by atoms with Gasteiger partial charge in [0.25, 0.3) is 0 Å². The van der Waals surface area contributed by atoms with Crippen molar-refractivity contribution in [2.75, 3.05) is 27.2 Å². The minimum atomic E-state index is -0.0322. The van der Waals surface area contributed by atoms with Crippen molar-refractivity contribution in [1.82, 2.24) is 9.80 Å². The van der Waals surface area contributed by atoms with Gasteiger partial charge in [-0.3, -0.25) is 4.79 Å². The van der Waals surface area contributed by atoms with Gasteiger partial charge in [-0.2, -0.15) is 0 Å². The van der Waals surface area contributed by atoms with E-state index >= 15 is 0 Å². The lowest BCUT2D eigenvalue weighted by Gasteiger charge is -2.29. The molecule has 1 amide bonds. The minimum absolute atomic E-state index is 0.0322. The van der Waals surface area contributed by atoms with Crippen LogP contribution in [0.3, 0.4) is 0 Å². The maximum absolute atomic E-state index is 12.2. The fourth-order valence-electron chi connectivity index (χ4n) is 2.18. The van der Waals surface area contributed by atoms with E-state index < -0.39 is 0 Å². The molecule has 0 aromatic heterocycles. The van der Waals surface area contributed by atoms with Crippen molar-refractivity contribution in [3.63, 3.8) is 0 Å². The first kappa shape index (κ1) is 14.0. The number of halogens is 1. The third-order valence-corrected chi connectivity index (χ3v) is 4.51. The molecule has 0 spiro atoms. The van der Waals surface area contributed by atoms with E-state index in [-0.39, 0.29) is 10.7 Å². The Kier molecular flexibility index (Phi) is 5.25. The zero-order valence-corrected chi connectivity index (χ0v) is 12.3. The average Bonchev–Trinajstić information content (AvgIpc) is 2.62. The highest BCUT2D eigenvalue weighted by molar-refractivity contribution is 9.10. The molecule has 4 heteroatoms. The normalized spacial score (nSPS) is 23.2. The molecule has 1 saturated heterocycles. The molecular formula is C12H23BrN2O. The number of hydrogen-bond acceptors (Lipinski definition) is 2. The Morgan fingerprint density at radius 3 is 2.62 bits per heavy atom. The van der Waals surface area contributed by atoms with Crippen molar-refractivity contribution in [3.05, 3.63) is 0 Å². The Balaban J connectivity index is 2.60. The summed E-state index contributed by atoms with van der Waals surface area (Å²) in [6.45, 7) is 6.05. The molecule has 1 aliphatic rings. The zero-order valence-electron chi connectivity index (χ0n) is 10.7. The molecule has 0 aliphatic carbocycles. The Labute approximate surface area is 107 Å². The fraction of sp³-hybridized carbons (Fsp3) is 0.917. The molecule has 1 fully saturated rings. The Hall–Kier alpha value is -0.0900. The fourth-order valence-corrected chi connectivity index (χ4v) is 2.44. The summed E-state index contributed by atoms with van der Waals surface area (Å²) >= 11 is 3.51. The van der Waals surface area contributed by atoms with Gasteiger partial charge < -0.3 is 9.80 Å². The molecule has 1 aliphatic heterocycles. The lowest BCUT2D eigenvalue weighted by atomic mass is 10.1. The van der Waals surface area contributed by atoms with Crippen molar-refractivity contribution in [1.29, 1.82) is 0 Å². The molecule has 1 rings (SSSR count). The van der Waals surface area contributed by atoms with Crippen LogP contribution in [0.5, 0.6) is 0 Å². The van der Waals surface area contributed by atoms with Crippen molar-refractivity contribution in [2.45, 2.75) is 37.6 Å². The van der Waals surface area contributed by atoms with Gasteiger partial charge in [0.1, 0.15) is 0 Å². The first-order chi connectivity index (χ1) is 7.43. The van der Waals surface area contributed by atoms with E-state index in [9.17, 15) is 4.79 Å². The number of alkyl halides is 1. The summed E-state index contributed by atoms with van der Waals surface area (Å²) in [6, 6.07) is 0.404. The standard InChI is InChI=1S/C12H23BrN2O/c1-9(2)11(13)12(16)15-7-5-6-10(15)8-14(3)4/h9-11H,5-8H2,1-4H3. The number of likely N-dealkylation sites (tertiary alicyclic amines) is 1. The summed E-state index contributed by atoms with van der Waals surface area (Å²) in [4.78, 5) is 16.4. The lowest BCUT2D eigenvalue weighted by Crippen LogP contribution is -2.45. The second-order valence-electron chi connectivity index (χ2n) is 5.24. The molecule has 1 heterocycles. The van der Waals surface area contributed by atoms with Crippen LogP contribution in [0, 0.1) is 5.92 Å². The molecule has 0 aromatic carbocycles. The maximum atomic E-state index is 12.2. The zero-order chi connectivity index (χ0) is 12.3. The van der Waals surface area contributed by atoms with E-state index in [2.05, 4.69) is 53.7 Å². The van der Waals surface area contributed by atoms with Crippen LogP contribution >= 0.6 is 15.9 Å². The molecule has 2 unspecified atom stereocenters. The van der Waals surface area contributed by atoms with Crippen LogP contribution < -0.4 is 0 Å². The van der Waals surface area contributed by atoms with Gasteiger partial charge in [-0.15, -0.1) is 0 Å². The Morgan fingerprint density at radius 1 is 1.50 bits per heavy atom. The van der Waals surface area contributed by atoms with Crippen LogP contribution in [0.2, 0.25) is 0 Å². The molecule has 0 aromatic rings. The molecule has 16 heavy (non-hydrogen) atoms. The summed E-state index contributed by atoms with van der Waals surface area (Å²) in [5.74, 6) is 0.618. The van der Waals surface area contributed by atoms with Crippen LogP contribution in [0.15, 0.2) is 0 Å². The number of rotatable bonds is 4. The van der Waals surface area contributed by atoms with Gasteiger partial charge in [0.2, 0.25) is 5.91 Å². The topological polar surface area (TPSA) is 23.6 Å². The highest BCUT2D eigenvalue weighted by atomic mass is 79.9. The van der Waals surface area contributed by atoms with Crippen LogP contribution in [-0.2, 0) is 4.79 Å². The molecule has 0 bridgehead atoms. The van der Waals surface area contributed by atoms with E-state index in [0.29, 0.717) is 12.0 Å². The summed E-state index contributed by atoms with van der Waals surface area (Å²) < 4.78 is 0. The molecule has 0 saturated carbocycles. The highest BCUT2D eigenvalue weighted by Gasteiger charge is 2.33. The summed E-state index contributed by atoms with van der Waals surface area (Å²) in [7, 11) is 4.13. The molecule has 0 radical (unpaired) electrons. The van der Waals surface area contributed by atoms with Crippen LogP contribution in [0.25, 0.3) is 0 Å². The smallest absolute Gasteiger partial charge is 0.236 e. The number of carbonyl (C=O) groups excluding carboxylic acids is 1. The average molecular weight is 291 g/mol. The van der Waals surface area contributed by atoms with Crippen molar-refractivity contribution >= 4 is 21.8 Å². The Bertz CT molecular complexity index is 243. The summed E-state index contributed by atoms with van der Waals surface area (Å²) in [5, 5.41) is 0. The quantitative estimate of drug-likeness (QED) is 0.739. The molecule has 2 atom stereocenters. The first-order valence-electron chi connectivity index (χ1n) is 6.02. The van der Waals surface area contributed by atoms with E-state index in [1.54, 1.807) is 0 Å². The van der Waals surface area contributed by atoms with Crippen molar-refractivity contribution in [2.24, 2.45) is 5.92 Å². The second kappa shape index (κ2) is 6.01. The van der Waals surface area contributed by atoms with Gasteiger partial charge in [-0.25, -0.2) is 0 Å².